The van der Waals surface area contributed by atoms with Gasteiger partial charge in [-0.15, -0.1) is 0 Å². The monoisotopic (exact) mass is 268 g/mol. The van der Waals surface area contributed by atoms with Crippen molar-refractivity contribution in [1.82, 2.24) is 0 Å². The Balaban J connectivity index is 2.36. The molecule has 2 aromatic carbocycles. The van der Waals surface area contributed by atoms with Crippen LogP contribution in [0, 0.1) is 27.7 Å². The SMILES string of the molecule is Cc1cc(C)cc(C(=O)[C@H](O)c2cc(C)cc(C)c2)c1. The van der Waals surface area contributed by atoms with Gasteiger partial charge in [0.2, 0.25) is 0 Å². The smallest absolute Gasteiger partial charge is 0.195 e. The standard InChI is InChI=1S/C18H20O2/c1-11-5-12(2)8-15(7-11)17(19)18(20)16-9-13(3)6-14(4)10-16/h5-10,17,19H,1-4H3/t17-/m1/s1. The number of aliphatic hydroxyl groups is 1. The third-order valence-corrected chi connectivity index (χ3v) is 3.31. The first-order chi connectivity index (χ1) is 9.36. The van der Waals surface area contributed by atoms with Gasteiger partial charge in [0.25, 0.3) is 0 Å². The van der Waals surface area contributed by atoms with Crippen LogP contribution in [0.25, 0.3) is 0 Å². The van der Waals surface area contributed by atoms with Crippen molar-refractivity contribution in [3.8, 4) is 0 Å². The van der Waals surface area contributed by atoms with Crippen LogP contribution in [0.4, 0.5) is 0 Å². The van der Waals surface area contributed by atoms with E-state index in [0.29, 0.717) is 11.1 Å². The third-order valence-electron chi connectivity index (χ3n) is 3.31. The Morgan fingerprint density at radius 3 is 1.65 bits per heavy atom. The quantitative estimate of drug-likeness (QED) is 0.859. The van der Waals surface area contributed by atoms with E-state index < -0.39 is 6.10 Å². The van der Waals surface area contributed by atoms with Crippen molar-refractivity contribution >= 4 is 5.78 Å². The molecular formula is C18H20O2. The van der Waals surface area contributed by atoms with E-state index in [-0.39, 0.29) is 5.78 Å². The van der Waals surface area contributed by atoms with Gasteiger partial charge in [0, 0.05) is 5.56 Å². The predicted octanol–water partition coefficient (Wildman–Crippen LogP) is 3.84. The average molecular weight is 268 g/mol. The van der Waals surface area contributed by atoms with E-state index in [0.717, 1.165) is 22.3 Å². The Bertz CT molecular complexity index is 616. The first kappa shape index (κ1) is 14.5. The number of hydrogen-bond acceptors (Lipinski definition) is 2. The molecule has 20 heavy (non-hydrogen) atoms. The molecule has 104 valence electrons. The van der Waals surface area contributed by atoms with Crippen LogP contribution in [0.5, 0.6) is 0 Å². The molecule has 1 atom stereocenters. The molecule has 0 aliphatic carbocycles. The summed E-state index contributed by atoms with van der Waals surface area (Å²) in [5, 5.41) is 10.3. The van der Waals surface area contributed by atoms with Gasteiger partial charge in [0.15, 0.2) is 5.78 Å². The van der Waals surface area contributed by atoms with E-state index in [9.17, 15) is 9.90 Å². The lowest BCUT2D eigenvalue weighted by atomic mass is 9.95. The molecule has 0 aromatic heterocycles. The minimum Gasteiger partial charge on any atom is -0.380 e. The second kappa shape index (κ2) is 5.59. The van der Waals surface area contributed by atoms with Crippen molar-refractivity contribution in [2.24, 2.45) is 0 Å². The van der Waals surface area contributed by atoms with Gasteiger partial charge in [0.1, 0.15) is 6.10 Å². The Morgan fingerprint density at radius 1 is 0.800 bits per heavy atom. The highest BCUT2D eigenvalue weighted by atomic mass is 16.3. The van der Waals surface area contributed by atoms with Crippen LogP contribution in [0.2, 0.25) is 0 Å². The summed E-state index contributed by atoms with van der Waals surface area (Å²) < 4.78 is 0. The molecule has 0 saturated heterocycles. The number of rotatable bonds is 3. The highest BCUT2D eigenvalue weighted by Crippen LogP contribution is 2.22. The van der Waals surface area contributed by atoms with Crippen LogP contribution in [-0.2, 0) is 0 Å². The van der Waals surface area contributed by atoms with Crippen LogP contribution in [-0.4, -0.2) is 10.9 Å². The van der Waals surface area contributed by atoms with Gasteiger partial charge < -0.3 is 5.11 Å². The maximum absolute atomic E-state index is 12.4. The number of benzene rings is 2. The summed E-state index contributed by atoms with van der Waals surface area (Å²) in [6, 6.07) is 11.4. The first-order valence-corrected chi connectivity index (χ1v) is 6.75. The molecule has 0 unspecified atom stereocenters. The summed E-state index contributed by atoms with van der Waals surface area (Å²) in [6.45, 7) is 7.83. The van der Waals surface area contributed by atoms with Gasteiger partial charge in [-0.05, 0) is 45.4 Å². The molecule has 2 aromatic rings. The molecule has 0 bridgehead atoms. The van der Waals surface area contributed by atoms with Crippen molar-refractivity contribution in [3.63, 3.8) is 0 Å². The lowest BCUT2D eigenvalue weighted by Gasteiger charge is -2.13. The summed E-state index contributed by atoms with van der Waals surface area (Å²) in [4.78, 5) is 12.4. The fourth-order valence-electron chi connectivity index (χ4n) is 2.59. The minimum absolute atomic E-state index is 0.248. The van der Waals surface area contributed by atoms with Crippen LogP contribution in [0.1, 0.15) is 44.3 Å². The number of aryl methyl sites for hydroxylation is 4. The summed E-state index contributed by atoms with van der Waals surface area (Å²) in [5.41, 5.74) is 5.38. The van der Waals surface area contributed by atoms with E-state index in [1.165, 1.54) is 0 Å². The molecule has 2 rings (SSSR count). The largest absolute Gasteiger partial charge is 0.380 e. The van der Waals surface area contributed by atoms with Gasteiger partial charge in [-0.1, -0.05) is 46.5 Å². The van der Waals surface area contributed by atoms with Crippen molar-refractivity contribution in [2.45, 2.75) is 33.8 Å². The number of hydrogen-bond donors (Lipinski definition) is 1. The van der Waals surface area contributed by atoms with Gasteiger partial charge in [0.05, 0.1) is 0 Å². The fraction of sp³-hybridized carbons (Fsp3) is 0.278. The Labute approximate surface area is 120 Å². The minimum atomic E-state index is -1.10. The zero-order valence-electron chi connectivity index (χ0n) is 12.4. The molecule has 0 amide bonds. The van der Waals surface area contributed by atoms with Crippen molar-refractivity contribution in [3.05, 3.63) is 69.8 Å². The zero-order valence-corrected chi connectivity index (χ0v) is 12.4. The molecule has 2 nitrogen and oxygen atoms in total. The van der Waals surface area contributed by atoms with E-state index in [2.05, 4.69) is 0 Å². The van der Waals surface area contributed by atoms with Crippen molar-refractivity contribution < 1.29 is 9.90 Å². The zero-order chi connectivity index (χ0) is 14.9. The number of aliphatic hydroxyl groups excluding tert-OH is 1. The highest BCUT2D eigenvalue weighted by Gasteiger charge is 2.20. The molecular weight excluding hydrogens is 248 g/mol. The van der Waals surface area contributed by atoms with Crippen LogP contribution in [0.15, 0.2) is 36.4 Å². The maximum Gasteiger partial charge on any atom is 0.195 e. The molecule has 0 spiro atoms. The van der Waals surface area contributed by atoms with Crippen LogP contribution < -0.4 is 0 Å². The predicted molar refractivity (Wildman–Crippen MR) is 81.1 cm³/mol. The average Bonchev–Trinajstić information content (AvgIpc) is 2.34. The van der Waals surface area contributed by atoms with Crippen LogP contribution in [0.3, 0.4) is 0 Å². The lowest BCUT2D eigenvalue weighted by molar-refractivity contribution is 0.0747. The van der Waals surface area contributed by atoms with Gasteiger partial charge >= 0.3 is 0 Å². The molecule has 0 radical (unpaired) electrons. The molecule has 1 N–H and O–H groups in total. The van der Waals surface area contributed by atoms with Gasteiger partial charge in [-0.25, -0.2) is 0 Å². The van der Waals surface area contributed by atoms with Crippen molar-refractivity contribution in [2.75, 3.05) is 0 Å². The highest BCUT2D eigenvalue weighted by molar-refractivity contribution is 6.00. The first-order valence-electron chi connectivity index (χ1n) is 6.75. The summed E-state index contributed by atoms with van der Waals surface area (Å²) in [6.07, 6.45) is -1.10. The fourth-order valence-corrected chi connectivity index (χ4v) is 2.59. The Hall–Kier alpha value is -1.93. The van der Waals surface area contributed by atoms with Crippen LogP contribution >= 0.6 is 0 Å². The molecule has 0 aliphatic rings. The van der Waals surface area contributed by atoms with Crippen molar-refractivity contribution in [1.29, 1.82) is 0 Å². The molecule has 0 heterocycles. The van der Waals surface area contributed by atoms with Gasteiger partial charge in [-0.3, -0.25) is 4.79 Å². The Morgan fingerprint density at radius 2 is 1.20 bits per heavy atom. The molecule has 2 heteroatoms. The maximum atomic E-state index is 12.4. The normalized spacial score (nSPS) is 12.2. The summed E-state index contributed by atoms with van der Waals surface area (Å²) in [5.74, 6) is -0.248. The van der Waals surface area contributed by atoms with E-state index >= 15 is 0 Å². The molecule has 0 fully saturated rings. The van der Waals surface area contributed by atoms with E-state index in [1.807, 2.05) is 64.1 Å². The third kappa shape index (κ3) is 3.14. The second-order valence-corrected chi connectivity index (χ2v) is 5.56. The number of carbonyl (C=O) groups is 1. The molecule has 0 aliphatic heterocycles. The lowest BCUT2D eigenvalue weighted by Crippen LogP contribution is -2.13. The topological polar surface area (TPSA) is 37.3 Å². The number of ketones is 1. The van der Waals surface area contributed by atoms with Gasteiger partial charge in [-0.2, -0.15) is 0 Å². The molecule has 0 saturated carbocycles. The second-order valence-electron chi connectivity index (χ2n) is 5.56. The Kier molecular flexibility index (Phi) is 4.05. The number of Topliss-reactive ketones (excluding diaryl/α,β-unsaturated/α-hetero) is 1. The van der Waals surface area contributed by atoms with E-state index in [1.54, 1.807) is 0 Å². The summed E-state index contributed by atoms with van der Waals surface area (Å²) >= 11 is 0. The van der Waals surface area contributed by atoms with E-state index in [4.69, 9.17) is 0 Å². The summed E-state index contributed by atoms with van der Waals surface area (Å²) in [7, 11) is 0. The number of carbonyl (C=O) groups excluding carboxylic acids is 1.